The van der Waals surface area contributed by atoms with Crippen molar-refractivity contribution >= 4 is 17.1 Å². The van der Waals surface area contributed by atoms with Gasteiger partial charge in [-0.2, -0.15) is 11.3 Å². The first kappa shape index (κ1) is 14.0. The molecule has 0 saturated heterocycles. The number of hydrogen-bond acceptors (Lipinski definition) is 2. The number of thiophene rings is 1. The van der Waals surface area contributed by atoms with E-state index in [2.05, 4.69) is 32.9 Å². The fourth-order valence-corrected chi connectivity index (χ4v) is 2.85. The van der Waals surface area contributed by atoms with E-state index in [-0.39, 0.29) is 11.2 Å². The van der Waals surface area contributed by atoms with Gasteiger partial charge in [-0.3, -0.25) is 4.79 Å². The summed E-state index contributed by atoms with van der Waals surface area (Å²) in [6.07, 6.45) is 1.09. The van der Waals surface area contributed by atoms with Gasteiger partial charge in [0, 0.05) is 16.5 Å². The van der Waals surface area contributed by atoms with Crippen LogP contribution in [0.1, 0.15) is 54.2 Å². The molecule has 1 aromatic carbocycles. The zero-order valence-electron chi connectivity index (χ0n) is 12.0. The Morgan fingerprint density at radius 2 is 1.79 bits per heavy atom. The van der Waals surface area contributed by atoms with Crippen molar-refractivity contribution in [2.45, 2.75) is 39.5 Å². The predicted octanol–water partition coefficient (Wildman–Crippen LogP) is 4.98. The topological polar surface area (TPSA) is 17.1 Å². The van der Waals surface area contributed by atoms with Crippen LogP contribution in [-0.4, -0.2) is 5.78 Å². The van der Waals surface area contributed by atoms with E-state index in [1.54, 1.807) is 11.3 Å². The molecule has 0 unspecified atom stereocenters. The van der Waals surface area contributed by atoms with Crippen molar-refractivity contribution < 1.29 is 4.79 Å². The van der Waals surface area contributed by atoms with Crippen LogP contribution in [0.5, 0.6) is 0 Å². The molecule has 0 N–H and O–H groups in total. The third-order valence-corrected chi connectivity index (χ3v) is 4.77. The van der Waals surface area contributed by atoms with Gasteiger partial charge in [0.25, 0.3) is 0 Å². The molecule has 1 nitrogen and oxygen atoms in total. The number of rotatable bonds is 4. The normalized spacial score (nSPS) is 11.6. The summed E-state index contributed by atoms with van der Waals surface area (Å²) in [5, 5.41) is 3.95. The van der Waals surface area contributed by atoms with Crippen molar-refractivity contribution in [3.8, 4) is 0 Å². The van der Waals surface area contributed by atoms with E-state index in [9.17, 15) is 4.79 Å². The highest BCUT2D eigenvalue weighted by Gasteiger charge is 2.19. The summed E-state index contributed by atoms with van der Waals surface area (Å²) in [4.78, 5) is 12.4. The molecule has 1 heterocycles. The van der Waals surface area contributed by atoms with Crippen molar-refractivity contribution in [1.29, 1.82) is 0 Å². The largest absolute Gasteiger partial charge is 0.289 e. The van der Waals surface area contributed by atoms with Gasteiger partial charge in [0.2, 0.25) is 0 Å². The van der Waals surface area contributed by atoms with E-state index in [0.29, 0.717) is 0 Å². The first-order chi connectivity index (χ1) is 8.95. The van der Waals surface area contributed by atoms with Crippen molar-refractivity contribution in [3.63, 3.8) is 0 Å². The standard InChI is InChI=1S/C17H20OS/c1-5-17(3,4)14-8-6-13(7-9-14)16(18)15-11-19-10-12(15)2/h6-11H,5H2,1-4H3. The first-order valence-corrected chi connectivity index (χ1v) is 7.58. The Balaban J connectivity index is 2.29. The second-order valence-electron chi connectivity index (χ2n) is 5.61. The highest BCUT2D eigenvalue weighted by atomic mass is 32.1. The Kier molecular flexibility index (Phi) is 3.91. The second kappa shape index (κ2) is 5.30. The average Bonchev–Trinajstić information content (AvgIpc) is 2.84. The third-order valence-electron chi connectivity index (χ3n) is 3.91. The van der Waals surface area contributed by atoms with Gasteiger partial charge in [0.05, 0.1) is 0 Å². The Morgan fingerprint density at radius 3 is 2.26 bits per heavy atom. The molecule has 0 saturated carbocycles. The number of hydrogen-bond donors (Lipinski definition) is 0. The van der Waals surface area contributed by atoms with E-state index in [1.165, 1.54) is 5.56 Å². The fraction of sp³-hybridized carbons (Fsp3) is 0.353. The molecular weight excluding hydrogens is 252 g/mol. The molecule has 0 aliphatic heterocycles. The molecule has 0 atom stereocenters. The Labute approximate surface area is 119 Å². The molecule has 2 aromatic rings. The van der Waals surface area contributed by atoms with Gasteiger partial charge in [-0.1, -0.05) is 45.0 Å². The predicted molar refractivity (Wildman–Crippen MR) is 82.2 cm³/mol. The van der Waals surface area contributed by atoms with E-state index in [1.807, 2.05) is 29.8 Å². The van der Waals surface area contributed by atoms with Crippen molar-refractivity contribution in [3.05, 3.63) is 57.3 Å². The highest BCUT2D eigenvalue weighted by Crippen LogP contribution is 2.27. The minimum absolute atomic E-state index is 0.125. The Morgan fingerprint density at radius 1 is 1.16 bits per heavy atom. The van der Waals surface area contributed by atoms with Gasteiger partial charge in [-0.15, -0.1) is 0 Å². The molecule has 2 heteroatoms. The molecule has 19 heavy (non-hydrogen) atoms. The molecule has 1 aromatic heterocycles. The summed E-state index contributed by atoms with van der Waals surface area (Å²) in [5.74, 6) is 0.125. The van der Waals surface area contributed by atoms with Crippen LogP contribution < -0.4 is 0 Å². The minimum atomic E-state index is 0.125. The number of aryl methyl sites for hydroxylation is 1. The smallest absolute Gasteiger partial charge is 0.194 e. The van der Waals surface area contributed by atoms with E-state index in [0.717, 1.165) is 23.1 Å². The van der Waals surface area contributed by atoms with Gasteiger partial charge in [0.15, 0.2) is 5.78 Å². The summed E-state index contributed by atoms with van der Waals surface area (Å²) in [6.45, 7) is 8.63. The van der Waals surface area contributed by atoms with Crippen LogP contribution >= 0.6 is 11.3 Å². The maximum Gasteiger partial charge on any atom is 0.194 e. The minimum Gasteiger partial charge on any atom is -0.289 e. The Bertz CT molecular complexity index is 576. The SMILES string of the molecule is CCC(C)(C)c1ccc(C(=O)c2cscc2C)cc1. The maximum absolute atomic E-state index is 12.4. The lowest BCUT2D eigenvalue weighted by molar-refractivity contribution is 0.103. The molecule has 0 aliphatic carbocycles. The lowest BCUT2D eigenvalue weighted by Crippen LogP contribution is -2.15. The van der Waals surface area contributed by atoms with Crippen LogP contribution in [0.2, 0.25) is 0 Å². The average molecular weight is 272 g/mol. The van der Waals surface area contributed by atoms with Crippen LogP contribution in [0.4, 0.5) is 0 Å². The number of carbonyl (C=O) groups excluding carboxylic acids is 1. The lowest BCUT2D eigenvalue weighted by atomic mass is 9.82. The van der Waals surface area contributed by atoms with Gasteiger partial charge >= 0.3 is 0 Å². The summed E-state index contributed by atoms with van der Waals surface area (Å²) in [6, 6.07) is 8.06. The number of benzene rings is 1. The molecule has 0 spiro atoms. The van der Waals surface area contributed by atoms with Crippen LogP contribution in [0.3, 0.4) is 0 Å². The van der Waals surface area contributed by atoms with Gasteiger partial charge < -0.3 is 0 Å². The van der Waals surface area contributed by atoms with Crippen molar-refractivity contribution in [1.82, 2.24) is 0 Å². The highest BCUT2D eigenvalue weighted by molar-refractivity contribution is 7.08. The molecule has 2 rings (SSSR count). The molecular formula is C17H20OS. The summed E-state index contributed by atoms with van der Waals surface area (Å²) >= 11 is 1.58. The van der Waals surface area contributed by atoms with E-state index >= 15 is 0 Å². The Hall–Kier alpha value is -1.41. The third kappa shape index (κ3) is 2.79. The number of ketones is 1. The molecule has 0 radical (unpaired) electrons. The van der Waals surface area contributed by atoms with Crippen LogP contribution in [0, 0.1) is 6.92 Å². The second-order valence-corrected chi connectivity index (χ2v) is 6.36. The lowest BCUT2D eigenvalue weighted by Gasteiger charge is -2.23. The quantitative estimate of drug-likeness (QED) is 0.718. The molecule has 0 fully saturated rings. The molecule has 0 bridgehead atoms. The van der Waals surface area contributed by atoms with Crippen molar-refractivity contribution in [2.24, 2.45) is 0 Å². The van der Waals surface area contributed by atoms with Crippen LogP contribution in [-0.2, 0) is 5.41 Å². The first-order valence-electron chi connectivity index (χ1n) is 6.63. The van der Waals surface area contributed by atoms with Crippen molar-refractivity contribution in [2.75, 3.05) is 0 Å². The zero-order valence-corrected chi connectivity index (χ0v) is 12.8. The van der Waals surface area contributed by atoms with Gasteiger partial charge in [-0.05, 0) is 35.3 Å². The van der Waals surface area contributed by atoms with E-state index in [4.69, 9.17) is 0 Å². The van der Waals surface area contributed by atoms with Crippen LogP contribution in [0.15, 0.2) is 35.0 Å². The summed E-state index contributed by atoms with van der Waals surface area (Å²) in [7, 11) is 0. The molecule has 0 amide bonds. The fourth-order valence-electron chi connectivity index (χ4n) is 2.03. The molecule has 0 aliphatic rings. The summed E-state index contributed by atoms with van der Waals surface area (Å²) in [5.41, 5.74) is 4.12. The van der Waals surface area contributed by atoms with E-state index < -0.39 is 0 Å². The maximum atomic E-state index is 12.4. The zero-order chi connectivity index (χ0) is 14.0. The van der Waals surface area contributed by atoms with Crippen LogP contribution in [0.25, 0.3) is 0 Å². The summed E-state index contributed by atoms with van der Waals surface area (Å²) < 4.78 is 0. The van der Waals surface area contributed by atoms with Gasteiger partial charge in [-0.25, -0.2) is 0 Å². The molecule has 100 valence electrons. The van der Waals surface area contributed by atoms with Gasteiger partial charge in [0.1, 0.15) is 0 Å². The number of carbonyl (C=O) groups is 1. The monoisotopic (exact) mass is 272 g/mol.